The molecule has 0 saturated carbocycles. The maximum absolute atomic E-state index is 12.8. The fourth-order valence-corrected chi connectivity index (χ4v) is 3.74. The van der Waals surface area contributed by atoms with Crippen molar-refractivity contribution >= 4 is 40.2 Å². The van der Waals surface area contributed by atoms with Gasteiger partial charge in [0.25, 0.3) is 5.56 Å². The summed E-state index contributed by atoms with van der Waals surface area (Å²) in [6.07, 6.45) is 0.634. The highest BCUT2D eigenvalue weighted by Gasteiger charge is 2.29. The van der Waals surface area contributed by atoms with Crippen LogP contribution in [0.3, 0.4) is 0 Å². The number of esters is 1. The van der Waals surface area contributed by atoms with Gasteiger partial charge in [0, 0.05) is 18.0 Å². The van der Waals surface area contributed by atoms with Crippen molar-refractivity contribution in [2.24, 2.45) is 5.92 Å². The van der Waals surface area contributed by atoms with Gasteiger partial charge in [0.05, 0.1) is 17.5 Å². The molecule has 7 heteroatoms. The van der Waals surface area contributed by atoms with Gasteiger partial charge in [-0.15, -0.1) is 0 Å². The van der Waals surface area contributed by atoms with Crippen LogP contribution in [0.2, 0.25) is 5.02 Å². The maximum atomic E-state index is 12.8. The lowest BCUT2D eigenvalue weighted by molar-refractivity contribution is -0.137. The summed E-state index contributed by atoms with van der Waals surface area (Å²) in [5.74, 6) is 0.0423. The summed E-state index contributed by atoms with van der Waals surface area (Å²) < 4.78 is 6.65. The Morgan fingerprint density at radius 1 is 1.43 bits per heavy atom. The Bertz CT molecular complexity index is 819. The van der Waals surface area contributed by atoms with Crippen LogP contribution in [0.15, 0.2) is 28.2 Å². The summed E-state index contributed by atoms with van der Waals surface area (Å²) in [5.41, 5.74) is 0.450. The van der Waals surface area contributed by atoms with Gasteiger partial charge in [-0.3, -0.25) is 14.2 Å². The number of hydrogen-bond acceptors (Lipinski definition) is 5. The monoisotopic (exact) mass is 352 g/mol. The number of thioether (sulfide) groups is 1. The van der Waals surface area contributed by atoms with Crippen molar-refractivity contribution in [1.29, 1.82) is 0 Å². The molecule has 3 rings (SSSR count). The number of ether oxygens (including phenoxy) is 1. The van der Waals surface area contributed by atoms with E-state index >= 15 is 0 Å². The third kappa shape index (κ3) is 3.38. The molecule has 0 amide bonds. The van der Waals surface area contributed by atoms with E-state index in [4.69, 9.17) is 16.3 Å². The molecule has 1 aromatic heterocycles. The first kappa shape index (κ1) is 16.3. The predicted molar refractivity (Wildman–Crippen MR) is 91.1 cm³/mol. The zero-order valence-corrected chi connectivity index (χ0v) is 14.5. The second-order valence-corrected chi connectivity index (χ2v) is 7.53. The second-order valence-electron chi connectivity index (χ2n) is 5.93. The van der Waals surface area contributed by atoms with Crippen molar-refractivity contribution in [3.63, 3.8) is 0 Å². The van der Waals surface area contributed by atoms with Crippen LogP contribution in [0.25, 0.3) is 10.9 Å². The molecule has 0 radical (unpaired) electrons. The van der Waals surface area contributed by atoms with E-state index in [1.54, 1.807) is 22.8 Å². The first-order valence-corrected chi connectivity index (χ1v) is 8.75. The van der Waals surface area contributed by atoms with Crippen molar-refractivity contribution in [3.05, 3.63) is 33.6 Å². The maximum Gasteiger partial charge on any atom is 0.319 e. The number of nitrogens with zero attached hydrogens (tertiary/aromatic N) is 2. The van der Waals surface area contributed by atoms with E-state index < -0.39 is 0 Å². The standard InChI is InChI=1S/C16H17ClN2O3S/c1-9(2)8-19-14(20)11-4-3-10(17)7-12(11)18-16(19)23-13-5-6-22-15(13)21/h3-4,7,9,13H,5-6,8H2,1-2H3. The number of benzene rings is 1. The van der Waals surface area contributed by atoms with Gasteiger partial charge in [0.2, 0.25) is 0 Å². The zero-order valence-electron chi connectivity index (χ0n) is 12.9. The largest absolute Gasteiger partial charge is 0.465 e. The highest BCUT2D eigenvalue weighted by atomic mass is 35.5. The molecule has 1 fully saturated rings. The Morgan fingerprint density at radius 2 is 2.22 bits per heavy atom. The Labute approximate surface area is 143 Å². The third-order valence-electron chi connectivity index (χ3n) is 3.56. The van der Waals surface area contributed by atoms with E-state index in [9.17, 15) is 9.59 Å². The van der Waals surface area contributed by atoms with Gasteiger partial charge in [-0.05, 0) is 24.1 Å². The van der Waals surface area contributed by atoms with Crippen LogP contribution in [-0.4, -0.2) is 27.4 Å². The Kier molecular flexibility index (Phi) is 4.64. The van der Waals surface area contributed by atoms with Crippen LogP contribution in [-0.2, 0) is 16.1 Å². The van der Waals surface area contributed by atoms with Crippen molar-refractivity contribution < 1.29 is 9.53 Å². The highest BCUT2D eigenvalue weighted by Crippen LogP contribution is 2.29. The van der Waals surface area contributed by atoms with Gasteiger partial charge in [-0.1, -0.05) is 37.2 Å². The Balaban J connectivity index is 2.12. The van der Waals surface area contributed by atoms with Crippen LogP contribution in [0.4, 0.5) is 0 Å². The summed E-state index contributed by atoms with van der Waals surface area (Å²) in [4.78, 5) is 29.1. The number of carbonyl (C=O) groups is 1. The van der Waals surface area contributed by atoms with Crippen molar-refractivity contribution in [2.75, 3.05) is 6.61 Å². The molecule has 1 aliphatic rings. The molecule has 1 saturated heterocycles. The lowest BCUT2D eigenvalue weighted by atomic mass is 10.2. The number of aromatic nitrogens is 2. The van der Waals surface area contributed by atoms with Crippen LogP contribution in [0.5, 0.6) is 0 Å². The SMILES string of the molecule is CC(C)Cn1c(SC2CCOC2=O)nc2cc(Cl)ccc2c1=O. The molecule has 23 heavy (non-hydrogen) atoms. The van der Waals surface area contributed by atoms with Gasteiger partial charge in [0.15, 0.2) is 5.16 Å². The van der Waals surface area contributed by atoms with Crippen LogP contribution < -0.4 is 5.56 Å². The lowest BCUT2D eigenvalue weighted by Gasteiger charge is -2.16. The summed E-state index contributed by atoms with van der Waals surface area (Å²) >= 11 is 7.31. The number of carbonyl (C=O) groups excluding carboxylic acids is 1. The Morgan fingerprint density at radius 3 is 2.87 bits per heavy atom. The average molecular weight is 353 g/mol. The van der Waals surface area contributed by atoms with Gasteiger partial charge < -0.3 is 4.74 Å². The van der Waals surface area contributed by atoms with E-state index in [2.05, 4.69) is 4.98 Å². The number of fused-ring (bicyclic) bond motifs is 1. The van der Waals surface area contributed by atoms with E-state index in [0.29, 0.717) is 40.7 Å². The molecule has 0 spiro atoms. The van der Waals surface area contributed by atoms with Crippen LogP contribution in [0.1, 0.15) is 20.3 Å². The first-order valence-electron chi connectivity index (χ1n) is 7.49. The molecule has 5 nitrogen and oxygen atoms in total. The quantitative estimate of drug-likeness (QED) is 0.625. The molecular weight excluding hydrogens is 336 g/mol. The number of rotatable bonds is 4. The number of cyclic esters (lactones) is 1. The lowest BCUT2D eigenvalue weighted by Crippen LogP contribution is -2.26. The zero-order chi connectivity index (χ0) is 16.6. The predicted octanol–water partition coefficient (Wildman–Crippen LogP) is 3.11. The fraction of sp³-hybridized carbons (Fsp3) is 0.438. The minimum absolute atomic E-state index is 0.103. The molecule has 2 aromatic rings. The molecular formula is C16H17ClN2O3S. The minimum atomic E-state index is -0.308. The third-order valence-corrected chi connectivity index (χ3v) is 5.04. The fourth-order valence-electron chi connectivity index (χ4n) is 2.50. The van der Waals surface area contributed by atoms with Gasteiger partial charge in [-0.2, -0.15) is 0 Å². The summed E-state index contributed by atoms with van der Waals surface area (Å²) in [5, 5.41) is 1.30. The molecule has 2 heterocycles. The van der Waals surface area contributed by atoms with Crippen molar-refractivity contribution in [1.82, 2.24) is 9.55 Å². The van der Waals surface area contributed by atoms with E-state index in [1.165, 1.54) is 11.8 Å². The normalized spacial score (nSPS) is 17.9. The van der Waals surface area contributed by atoms with Crippen LogP contribution >= 0.6 is 23.4 Å². The van der Waals surface area contributed by atoms with Gasteiger partial charge in [-0.25, -0.2) is 4.98 Å². The summed E-state index contributed by atoms with van der Waals surface area (Å²) in [6, 6.07) is 5.06. The summed E-state index contributed by atoms with van der Waals surface area (Å²) in [6.45, 7) is 5.05. The Hall–Kier alpha value is -1.53. The van der Waals surface area contributed by atoms with E-state index in [1.807, 2.05) is 13.8 Å². The molecule has 0 bridgehead atoms. The molecule has 0 N–H and O–H groups in total. The number of halogens is 1. The van der Waals surface area contributed by atoms with Gasteiger partial charge >= 0.3 is 5.97 Å². The molecule has 1 aromatic carbocycles. The summed E-state index contributed by atoms with van der Waals surface area (Å²) in [7, 11) is 0. The van der Waals surface area contributed by atoms with Gasteiger partial charge in [0.1, 0.15) is 5.25 Å². The van der Waals surface area contributed by atoms with E-state index in [0.717, 1.165) is 0 Å². The highest BCUT2D eigenvalue weighted by molar-refractivity contribution is 8.00. The van der Waals surface area contributed by atoms with Crippen LogP contribution in [0, 0.1) is 5.92 Å². The topological polar surface area (TPSA) is 61.2 Å². The first-order chi connectivity index (χ1) is 11.0. The minimum Gasteiger partial charge on any atom is -0.465 e. The molecule has 0 aliphatic carbocycles. The smallest absolute Gasteiger partial charge is 0.319 e. The number of hydrogen-bond donors (Lipinski definition) is 0. The van der Waals surface area contributed by atoms with Crippen molar-refractivity contribution in [3.8, 4) is 0 Å². The second kappa shape index (κ2) is 6.53. The molecule has 1 unspecified atom stereocenters. The molecule has 1 atom stereocenters. The average Bonchev–Trinajstić information content (AvgIpc) is 2.88. The molecule has 122 valence electrons. The molecule has 1 aliphatic heterocycles. The van der Waals surface area contributed by atoms with E-state index in [-0.39, 0.29) is 22.7 Å². The van der Waals surface area contributed by atoms with Crippen molar-refractivity contribution in [2.45, 2.75) is 37.2 Å².